The first-order valence-electron chi connectivity index (χ1n) is 11.2. The predicted molar refractivity (Wildman–Crippen MR) is 118 cm³/mol. The van der Waals surface area contributed by atoms with Crippen LogP contribution >= 0.6 is 0 Å². The summed E-state index contributed by atoms with van der Waals surface area (Å²) in [6.07, 6.45) is 5.37. The molecule has 2 atom stereocenters. The Labute approximate surface area is 185 Å². The topological polar surface area (TPSA) is 100 Å². The summed E-state index contributed by atoms with van der Waals surface area (Å²) in [5.74, 6) is 0.254. The van der Waals surface area contributed by atoms with E-state index < -0.39 is 11.9 Å². The van der Waals surface area contributed by atoms with E-state index in [1.807, 2.05) is 0 Å². The lowest BCUT2D eigenvalue weighted by Gasteiger charge is -2.16. The van der Waals surface area contributed by atoms with Crippen LogP contribution < -0.4 is 10.1 Å². The highest BCUT2D eigenvalue weighted by Gasteiger charge is 2.30. The summed E-state index contributed by atoms with van der Waals surface area (Å²) in [5.41, 5.74) is 3.04. The van der Waals surface area contributed by atoms with Crippen LogP contribution in [-0.4, -0.2) is 44.7 Å². The number of fused-ring (bicyclic) bond motifs is 1. The summed E-state index contributed by atoms with van der Waals surface area (Å²) < 4.78 is 21.3. The number of nitrogens with one attached hydrogen (secondary N) is 2. The number of rotatable bonds is 6. The Hall–Kier alpha value is -3.00. The highest BCUT2D eigenvalue weighted by Crippen LogP contribution is 2.39. The average Bonchev–Trinajstić information content (AvgIpc) is 3.42. The van der Waals surface area contributed by atoms with E-state index in [2.05, 4.69) is 20.3 Å². The zero-order valence-electron chi connectivity index (χ0n) is 18.2. The predicted octanol–water partition coefficient (Wildman–Crippen LogP) is 3.81. The van der Waals surface area contributed by atoms with Gasteiger partial charge in [0.05, 0.1) is 35.4 Å². The molecule has 2 aliphatic carbocycles. The van der Waals surface area contributed by atoms with Gasteiger partial charge in [-0.05, 0) is 63.5 Å². The molecule has 0 spiro atoms. The number of carbonyl (C=O) groups excluding carboxylic acids is 1. The van der Waals surface area contributed by atoms with Gasteiger partial charge in [0.1, 0.15) is 29.1 Å². The molecular formula is C24H27FN4O3. The molecule has 2 aromatic heterocycles. The van der Waals surface area contributed by atoms with E-state index in [0.717, 1.165) is 25.7 Å². The molecule has 0 radical (unpaired) electrons. The van der Waals surface area contributed by atoms with Gasteiger partial charge in [0.2, 0.25) is 0 Å². The largest absolute Gasteiger partial charge is 0.492 e. The van der Waals surface area contributed by atoms with E-state index in [1.54, 1.807) is 26.0 Å². The molecule has 1 amide bonds. The molecule has 3 aromatic rings. The average molecular weight is 439 g/mol. The van der Waals surface area contributed by atoms with Gasteiger partial charge in [0.15, 0.2) is 0 Å². The summed E-state index contributed by atoms with van der Waals surface area (Å²) >= 11 is 0. The van der Waals surface area contributed by atoms with Crippen LogP contribution in [0.15, 0.2) is 18.5 Å². The smallest absolute Gasteiger partial charge is 0.255 e. The Bertz CT molecular complexity index is 1190. The van der Waals surface area contributed by atoms with Crippen LogP contribution in [0.1, 0.15) is 53.7 Å². The number of carbonyl (C=O) groups is 1. The summed E-state index contributed by atoms with van der Waals surface area (Å²) in [5, 5.41) is 13.0. The van der Waals surface area contributed by atoms with Gasteiger partial charge in [-0.2, -0.15) is 0 Å². The molecule has 1 aromatic carbocycles. The van der Waals surface area contributed by atoms with E-state index in [0.29, 0.717) is 58.2 Å². The van der Waals surface area contributed by atoms with Crippen molar-refractivity contribution >= 4 is 16.9 Å². The van der Waals surface area contributed by atoms with Gasteiger partial charge in [-0.15, -0.1) is 0 Å². The SMILES string of the molecule is Cc1ccc(OCC2CC2)c(-c2ncnc3c(C(=O)NC4CCCC4O)c(C)[nH]c23)c1F. The number of ether oxygens (including phenoxy) is 1. The maximum Gasteiger partial charge on any atom is 0.255 e. The molecule has 0 bridgehead atoms. The van der Waals surface area contributed by atoms with Crippen LogP contribution in [0.5, 0.6) is 5.75 Å². The van der Waals surface area contributed by atoms with E-state index in [-0.39, 0.29) is 17.5 Å². The minimum atomic E-state index is -0.540. The number of nitrogens with zero attached hydrogens (tertiary/aromatic N) is 2. The number of halogens is 1. The van der Waals surface area contributed by atoms with Crippen molar-refractivity contribution in [3.63, 3.8) is 0 Å². The van der Waals surface area contributed by atoms with Gasteiger partial charge < -0.3 is 20.1 Å². The van der Waals surface area contributed by atoms with Gasteiger partial charge >= 0.3 is 0 Å². The zero-order chi connectivity index (χ0) is 22.4. The van der Waals surface area contributed by atoms with Crippen molar-refractivity contribution in [2.45, 2.75) is 58.1 Å². The van der Waals surface area contributed by atoms with Crippen molar-refractivity contribution in [2.24, 2.45) is 5.92 Å². The van der Waals surface area contributed by atoms with Crippen molar-refractivity contribution < 1.29 is 19.0 Å². The summed E-state index contributed by atoms with van der Waals surface area (Å²) in [6, 6.07) is 3.20. The fourth-order valence-electron chi connectivity index (χ4n) is 4.43. The Morgan fingerprint density at radius 3 is 2.78 bits per heavy atom. The number of aliphatic hydroxyl groups excluding tert-OH is 1. The second kappa shape index (κ2) is 8.16. The Morgan fingerprint density at radius 2 is 2.06 bits per heavy atom. The van der Waals surface area contributed by atoms with Crippen LogP contribution in [0.4, 0.5) is 4.39 Å². The minimum absolute atomic E-state index is 0.273. The highest BCUT2D eigenvalue weighted by molar-refractivity contribution is 6.09. The first-order valence-corrected chi connectivity index (χ1v) is 11.2. The van der Waals surface area contributed by atoms with E-state index in [4.69, 9.17) is 4.74 Å². The molecule has 2 saturated carbocycles. The van der Waals surface area contributed by atoms with E-state index in [1.165, 1.54) is 6.33 Å². The molecule has 32 heavy (non-hydrogen) atoms. The Balaban J connectivity index is 1.57. The summed E-state index contributed by atoms with van der Waals surface area (Å²) in [6.45, 7) is 4.03. The monoisotopic (exact) mass is 438 g/mol. The molecule has 3 N–H and O–H groups in total. The number of H-pyrrole nitrogens is 1. The lowest BCUT2D eigenvalue weighted by Crippen LogP contribution is -2.40. The standard InChI is InChI=1S/C24H27FN4O3/c1-12-6-9-17(32-10-14-7-8-14)19(20(12)25)22-23-21(26-11-27-22)18(13(2)28-23)24(31)29-15-4-3-5-16(15)30/h6,9,11,14-16,28,30H,3-5,7-8,10H2,1-2H3,(H,29,31). The number of amides is 1. The molecule has 2 heterocycles. The van der Waals surface area contributed by atoms with Crippen LogP contribution in [0.3, 0.4) is 0 Å². The van der Waals surface area contributed by atoms with Crippen molar-refractivity contribution in [3.05, 3.63) is 41.1 Å². The molecule has 2 fully saturated rings. The molecule has 5 rings (SSSR count). The third kappa shape index (κ3) is 3.72. The van der Waals surface area contributed by atoms with Crippen LogP contribution in [0, 0.1) is 25.6 Å². The second-order valence-electron chi connectivity index (χ2n) is 8.97. The lowest BCUT2D eigenvalue weighted by molar-refractivity contribution is 0.0874. The normalized spacial score (nSPS) is 20.6. The first-order chi connectivity index (χ1) is 15.4. The van der Waals surface area contributed by atoms with Crippen LogP contribution in [0.25, 0.3) is 22.3 Å². The van der Waals surface area contributed by atoms with Gasteiger partial charge in [0, 0.05) is 5.69 Å². The molecule has 0 saturated heterocycles. The third-order valence-electron chi connectivity index (χ3n) is 6.50. The van der Waals surface area contributed by atoms with E-state index in [9.17, 15) is 9.90 Å². The first kappa shape index (κ1) is 20.9. The second-order valence-corrected chi connectivity index (χ2v) is 8.97. The number of hydrogen-bond donors (Lipinski definition) is 3. The fraction of sp³-hybridized carbons (Fsp3) is 0.458. The van der Waals surface area contributed by atoms with Gasteiger partial charge in [0.25, 0.3) is 5.91 Å². The maximum atomic E-state index is 15.3. The van der Waals surface area contributed by atoms with Crippen molar-refractivity contribution in [1.82, 2.24) is 20.3 Å². The Kier molecular flexibility index (Phi) is 5.33. The van der Waals surface area contributed by atoms with Gasteiger partial charge in [-0.1, -0.05) is 6.07 Å². The van der Waals surface area contributed by atoms with Crippen molar-refractivity contribution in [3.8, 4) is 17.0 Å². The molecule has 7 nitrogen and oxygen atoms in total. The fourth-order valence-corrected chi connectivity index (χ4v) is 4.43. The maximum absolute atomic E-state index is 15.3. The van der Waals surface area contributed by atoms with Crippen LogP contribution in [-0.2, 0) is 0 Å². The van der Waals surface area contributed by atoms with Gasteiger partial charge in [-0.25, -0.2) is 14.4 Å². The number of aliphatic hydroxyl groups is 1. The number of benzene rings is 1. The number of aryl methyl sites for hydroxylation is 2. The molecular weight excluding hydrogens is 411 g/mol. The molecule has 0 aliphatic heterocycles. The Morgan fingerprint density at radius 1 is 1.25 bits per heavy atom. The quantitative estimate of drug-likeness (QED) is 0.543. The van der Waals surface area contributed by atoms with Crippen molar-refractivity contribution in [2.75, 3.05) is 6.61 Å². The number of aromatic nitrogens is 3. The molecule has 8 heteroatoms. The minimum Gasteiger partial charge on any atom is -0.492 e. The lowest BCUT2D eigenvalue weighted by atomic mass is 10.0. The van der Waals surface area contributed by atoms with E-state index >= 15 is 4.39 Å². The zero-order valence-corrected chi connectivity index (χ0v) is 18.2. The van der Waals surface area contributed by atoms with Crippen molar-refractivity contribution in [1.29, 1.82) is 0 Å². The highest BCUT2D eigenvalue weighted by atomic mass is 19.1. The summed E-state index contributed by atoms with van der Waals surface area (Å²) in [7, 11) is 0. The number of aromatic amines is 1. The number of hydrogen-bond acceptors (Lipinski definition) is 5. The molecule has 2 unspecified atom stereocenters. The molecule has 2 aliphatic rings. The van der Waals surface area contributed by atoms with Crippen LogP contribution in [0.2, 0.25) is 0 Å². The molecule has 168 valence electrons. The van der Waals surface area contributed by atoms with Gasteiger partial charge in [-0.3, -0.25) is 4.79 Å². The third-order valence-corrected chi connectivity index (χ3v) is 6.50. The summed E-state index contributed by atoms with van der Waals surface area (Å²) in [4.78, 5) is 25.0.